The van der Waals surface area contributed by atoms with Crippen LogP contribution >= 0.6 is 27.5 Å². The number of aliphatic hydroxyl groups is 1. The molecule has 0 saturated carbocycles. The minimum atomic E-state index is -0.514. The summed E-state index contributed by atoms with van der Waals surface area (Å²) in [6, 6.07) is 3.61. The molecular weight excluding hydrogens is 267 g/mol. The van der Waals surface area contributed by atoms with Crippen LogP contribution in [-0.2, 0) is 11.3 Å². The van der Waals surface area contributed by atoms with Gasteiger partial charge in [0.1, 0.15) is 0 Å². The predicted molar refractivity (Wildman–Crippen MR) is 60.5 cm³/mol. The highest BCUT2D eigenvalue weighted by Crippen LogP contribution is 2.29. The van der Waals surface area contributed by atoms with Crippen molar-refractivity contribution in [2.45, 2.75) is 19.6 Å². The molecule has 0 amide bonds. The minimum absolute atomic E-state index is 0.458. The molecule has 0 aliphatic heterocycles. The van der Waals surface area contributed by atoms with E-state index in [4.69, 9.17) is 16.3 Å². The van der Waals surface area contributed by atoms with E-state index in [-0.39, 0.29) is 0 Å². The molecule has 0 saturated heterocycles. The van der Waals surface area contributed by atoms with Crippen molar-refractivity contribution in [2.75, 3.05) is 7.11 Å². The fourth-order valence-electron chi connectivity index (χ4n) is 1.15. The van der Waals surface area contributed by atoms with Gasteiger partial charge >= 0.3 is 0 Å². The van der Waals surface area contributed by atoms with Crippen LogP contribution in [0.25, 0.3) is 0 Å². The molecule has 78 valence electrons. The summed E-state index contributed by atoms with van der Waals surface area (Å²) in [5.74, 6) is 0. The molecule has 0 fully saturated rings. The van der Waals surface area contributed by atoms with Gasteiger partial charge in [-0.15, -0.1) is 0 Å². The molecule has 1 atom stereocenters. The molecule has 1 N–H and O–H groups in total. The Morgan fingerprint density at radius 3 is 2.64 bits per heavy atom. The molecule has 0 aliphatic carbocycles. The summed E-state index contributed by atoms with van der Waals surface area (Å²) in [6.07, 6.45) is -0.514. The van der Waals surface area contributed by atoms with E-state index in [0.717, 1.165) is 15.6 Å². The Morgan fingerprint density at radius 1 is 1.57 bits per heavy atom. The van der Waals surface area contributed by atoms with Gasteiger partial charge in [-0.25, -0.2) is 0 Å². The number of methoxy groups -OCH3 is 1. The SMILES string of the molecule is COCc1c(Cl)cc(C(C)O)cc1Br. The summed E-state index contributed by atoms with van der Waals surface area (Å²) in [6.45, 7) is 2.16. The zero-order valence-corrected chi connectivity index (χ0v) is 10.4. The van der Waals surface area contributed by atoms with Gasteiger partial charge in [-0.3, -0.25) is 0 Å². The van der Waals surface area contributed by atoms with Crippen LogP contribution in [0.15, 0.2) is 16.6 Å². The highest BCUT2D eigenvalue weighted by Gasteiger charge is 2.10. The summed E-state index contributed by atoms with van der Waals surface area (Å²) in [4.78, 5) is 0. The first-order valence-electron chi connectivity index (χ1n) is 4.21. The van der Waals surface area contributed by atoms with Crippen molar-refractivity contribution in [3.8, 4) is 0 Å². The lowest BCUT2D eigenvalue weighted by molar-refractivity contribution is 0.183. The highest BCUT2D eigenvalue weighted by atomic mass is 79.9. The van der Waals surface area contributed by atoms with Crippen LogP contribution in [0.3, 0.4) is 0 Å². The van der Waals surface area contributed by atoms with Crippen molar-refractivity contribution in [1.82, 2.24) is 0 Å². The third-order valence-electron chi connectivity index (χ3n) is 1.93. The van der Waals surface area contributed by atoms with Crippen LogP contribution in [0.2, 0.25) is 5.02 Å². The molecular formula is C10H12BrClO2. The zero-order chi connectivity index (χ0) is 10.7. The maximum atomic E-state index is 9.38. The molecule has 0 aliphatic rings. The summed E-state index contributed by atoms with van der Waals surface area (Å²) < 4.78 is 5.88. The first-order valence-corrected chi connectivity index (χ1v) is 5.38. The Bertz CT molecular complexity index is 303. The summed E-state index contributed by atoms with van der Waals surface area (Å²) in [5.41, 5.74) is 1.69. The summed E-state index contributed by atoms with van der Waals surface area (Å²) in [5, 5.41) is 9.99. The van der Waals surface area contributed by atoms with Crippen molar-refractivity contribution in [3.63, 3.8) is 0 Å². The molecule has 0 bridgehead atoms. The molecule has 14 heavy (non-hydrogen) atoms. The van der Waals surface area contributed by atoms with E-state index < -0.39 is 6.10 Å². The van der Waals surface area contributed by atoms with Gasteiger partial charge in [0.05, 0.1) is 12.7 Å². The molecule has 2 nitrogen and oxygen atoms in total. The normalized spacial score (nSPS) is 12.9. The Kier molecular flexibility index (Phi) is 4.38. The lowest BCUT2D eigenvalue weighted by atomic mass is 10.1. The summed E-state index contributed by atoms with van der Waals surface area (Å²) in [7, 11) is 1.62. The second-order valence-corrected chi connectivity index (χ2v) is 4.33. The quantitative estimate of drug-likeness (QED) is 0.920. The van der Waals surface area contributed by atoms with Gasteiger partial charge in [-0.2, -0.15) is 0 Å². The van der Waals surface area contributed by atoms with Gasteiger partial charge in [-0.1, -0.05) is 27.5 Å². The van der Waals surface area contributed by atoms with Gasteiger partial charge < -0.3 is 9.84 Å². The molecule has 0 radical (unpaired) electrons. The molecule has 1 aromatic rings. The van der Waals surface area contributed by atoms with Crippen molar-refractivity contribution in [1.29, 1.82) is 0 Å². The molecule has 0 aromatic heterocycles. The van der Waals surface area contributed by atoms with E-state index in [0.29, 0.717) is 11.6 Å². The van der Waals surface area contributed by atoms with E-state index in [1.165, 1.54) is 0 Å². The lowest BCUT2D eigenvalue weighted by Crippen LogP contribution is -1.96. The Labute approximate surface area is 97.0 Å². The van der Waals surface area contributed by atoms with E-state index in [2.05, 4.69) is 15.9 Å². The van der Waals surface area contributed by atoms with Crippen LogP contribution in [-0.4, -0.2) is 12.2 Å². The van der Waals surface area contributed by atoms with Crippen LogP contribution in [0.4, 0.5) is 0 Å². The largest absolute Gasteiger partial charge is 0.389 e. The minimum Gasteiger partial charge on any atom is -0.389 e. The van der Waals surface area contributed by atoms with E-state index in [1.54, 1.807) is 20.1 Å². The van der Waals surface area contributed by atoms with E-state index >= 15 is 0 Å². The molecule has 1 unspecified atom stereocenters. The molecule has 1 aromatic carbocycles. The van der Waals surface area contributed by atoms with Gasteiger partial charge in [0.2, 0.25) is 0 Å². The highest BCUT2D eigenvalue weighted by molar-refractivity contribution is 9.10. The fraction of sp³-hybridized carbons (Fsp3) is 0.400. The third-order valence-corrected chi connectivity index (χ3v) is 2.98. The van der Waals surface area contributed by atoms with Crippen molar-refractivity contribution in [3.05, 3.63) is 32.8 Å². The first kappa shape index (κ1) is 12.0. The van der Waals surface area contributed by atoms with Crippen LogP contribution in [0.1, 0.15) is 24.2 Å². The van der Waals surface area contributed by atoms with E-state index in [9.17, 15) is 5.11 Å². The van der Waals surface area contributed by atoms with Crippen molar-refractivity contribution in [2.24, 2.45) is 0 Å². The van der Waals surface area contributed by atoms with Crippen LogP contribution in [0, 0.1) is 0 Å². The smallest absolute Gasteiger partial charge is 0.0762 e. The number of rotatable bonds is 3. The lowest BCUT2D eigenvalue weighted by Gasteiger charge is -2.11. The molecule has 0 heterocycles. The predicted octanol–water partition coefficient (Wildman–Crippen LogP) is 3.30. The maximum Gasteiger partial charge on any atom is 0.0762 e. The van der Waals surface area contributed by atoms with Gasteiger partial charge in [0.25, 0.3) is 0 Å². The zero-order valence-electron chi connectivity index (χ0n) is 8.05. The number of aliphatic hydroxyl groups excluding tert-OH is 1. The third kappa shape index (κ3) is 2.70. The molecule has 4 heteroatoms. The standard InChI is InChI=1S/C10H12BrClO2/c1-6(13)7-3-9(11)8(5-14-2)10(12)4-7/h3-4,6,13H,5H2,1-2H3. The Balaban J connectivity index is 3.11. The Hall–Kier alpha value is -0.0900. The maximum absolute atomic E-state index is 9.38. The topological polar surface area (TPSA) is 29.5 Å². The molecule has 0 spiro atoms. The monoisotopic (exact) mass is 278 g/mol. The number of benzene rings is 1. The average Bonchev–Trinajstić information content (AvgIpc) is 2.10. The number of halogens is 2. The van der Waals surface area contributed by atoms with Crippen molar-refractivity contribution >= 4 is 27.5 Å². The number of hydrogen-bond donors (Lipinski definition) is 1. The number of hydrogen-bond acceptors (Lipinski definition) is 2. The average molecular weight is 280 g/mol. The van der Waals surface area contributed by atoms with Crippen LogP contribution < -0.4 is 0 Å². The van der Waals surface area contributed by atoms with Gasteiger partial charge in [0, 0.05) is 22.2 Å². The van der Waals surface area contributed by atoms with Crippen LogP contribution in [0.5, 0.6) is 0 Å². The second kappa shape index (κ2) is 5.12. The Morgan fingerprint density at radius 2 is 2.21 bits per heavy atom. The molecule has 1 rings (SSSR count). The summed E-state index contributed by atoms with van der Waals surface area (Å²) >= 11 is 9.43. The second-order valence-electron chi connectivity index (χ2n) is 3.07. The van der Waals surface area contributed by atoms with Crippen molar-refractivity contribution < 1.29 is 9.84 Å². The van der Waals surface area contributed by atoms with Gasteiger partial charge in [0.15, 0.2) is 0 Å². The van der Waals surface area contributed by atoms with Gasteiger partial charge in [-0.05, 0) is 24.6 Å². The number of ether oxygens (including phenoxy) is 1. The first-order chi connectivity index (χ1) is 6.56. The fourth-order valence-corrected chi connectivity index (χ4v) is 2.13. The van der Waals surface area contributed by atoms with E-state index in [1.807, 2.05) is 6.07 Å².